The van der Waals surface area contributed by atoms with Crippen molar-refractivity contribution in [2.24, 2.45) is 5.92 Å². The molecule has 1 fully saturated rings. The van der Waals surface area contributed by atoms with Gasteiger partial charge in [0.05, 0.1) is 0 Å². The zero-order valence-corrected chi connectivity index (χ0v) is 9.52. The van der Waals surface area contributed by atoms with E-state index in [-0.39, 0.29) is 0 Å². The van der Waals surface area contributed by atoms with Crippen LogP contribution in [0.1, 0.15) is 31.2 Å². The van der Waals surface area contributed by atoms with Gasteiger partial charge < -0.3 is 5.32 Å². The van der Waals surface area contributed by atoms with E-state index in [1.807, 2.05) is 18.5 Å². The number of aromatic nitrogens is 1. The van der Waals surface area contributed by atoms with Crippen LogP contribution in [0.3, 0.4) is 0 Å². The zero-order chi connectivity index (χ0) is 10.8. The van der Waals surface area contributed by atoms with E-state index in [1.165, 1.54) is 43.4 Å². The minimum Gasteiger partial charge on any atom is -0.310 e. The van der Waals surface area contributed by atoms with E-state index in [9.17, 15) is 0 Å². The topological polar surface area (TPSA) is 24.9 Å². The largest absolute Gasteiger partial charge is 0.310 e. The van der Waals surface area contributed by atoms with Crippen molar-refractivity contribution in [2.75, 3.05) is 6.54 Å². The van der Waals surface area contributed by atoms with Crippen molar-refractivity contribution in [2.45, 2.75) is 31.7 Å². The number of hydrogen-bond donors (Lipinski definition) is 1. The van der Waals surface area contributed by atoms with E-state index in [0.717, 1.165) is 5.92 Å². The molecule has 2 atom stereocenters. The van der Waals surface area contributed by atoms with Gasteiger partial charge in [-0.15, -0.1) is 0 Å². The molecule has 0 bridgehead atoms. The molecule has 1 N–H and O–H groups in total. The third kappa shape index (κ3) is 1.90. The van der Waals surface area contributed by atoms with E-state index < -0.39 is 0 Å². The standard InChI is InChI=1S/C14H18N2/c1-4-13(10-15-7-1)12-6-5-11-3-2-8-16-14(11)9-12/h1,4,7,9-11,14,16H,2-3,5-6,8H2. The lowest BCUT2D eigenvalue weighted by atomic mass is 9.79. The maximum atomic E-state index is 4.20. The number of rotatable bonds is 1. The number of nitrogens with zero attached hydrogens (tertiary/aromatic N) is 1. The van der Waals surface area contributed by atoms with Crippen LogP contribution in [0.2, 0.25) is 0 Å². The first-order valence-electron chi connectivity index (χ1n) is 6.28. The van der Waals surface area contributed by atoms with E-state index in [4.69, 9.17) is 0 Å². The first-order chi connectivity index (χ1) is 7.93. The second-order valence-electron chi connectivity index (χ2n) is 4.85. The number of nitrogens with one attached hydrogen (secondary N) is 1. The lowest BCUT2D eigenvalue weighted by Gasteiger charge is -2.35. The van der Waals surface area contributed by atoms with E-state index >= 15 is 0 Å². The van der Waals surface area contributed by atoms with Gasteiger partial charge in [-0.05, 0) is 55.3 Å². The highest BCUT2D eigenvalue weighted by molar-refractivity contribution is 5.66. The molecule has 84 valence electrons. The Morgan fingerprint density at radius 2 is 2.31 bits per heavy atom. The summed E-state index contributed by atoms with van der Waals surface area (Å²) in [6.45, 7) is 1.18. The number of piperidine rings is 1. The van der Waals surface area contributed by atoms with Gasteiger partial charge in [0, 0.05) is 18.4 Å². The van der Waals surface area contributed by atoms with Crippen LogP contribution in [0.25, 0.3) is 5.57 Å². The van der Waals surface area contributed by atoms with Crippen molar-refractivity contribution in [3.05, 3.63) is 36.2 Å². The molecular formula is C14H18N2. The Morgan fingerprint density at radius 3 is 3.19 bits per heavy atom. The summed E-state index contributed by atoms with van der Waals surface area (Å²) < 4.78 is 0. The molecule has 1 aliphatic carbocycles. The smallest absolute Gasteiger partial charge is 0.0342 e. The highest BCUT2D eigenvalue weighted by atomic mass is 14.9. The Kier molecular flexibility index (Phi) is 2.75. The van der Waals surface area contributed by atoms with Crippen LogP contribution in [-0.2, 0) is 0 Å². The zero-order valence-electron chi connectivity index (χ0n) is 9.52. The summed E-state index contributed by atoms with van der Waals surface area (Å²) in [5, 5.41) is 3.62. The Balaban J connectivity index is 1.84. The average Bonchev–Trinajstić information content (AvgIpc) is 2.39. The van der Waals surface area contributed by atoms with Crippen molar-refractivity contribution in [1.82, 2.24) is 10.3 Å². The van der Waals surface area contributed by atoms with Crippen LogP contribution in [-0.4, -0.2) is 17.6 Å². The lowest BCUT2D eigenvalue weighted by molar-refractivity contribution is 0.298. The van der Waals surface area contributed by atoms with Crippen molar-refractivity contribution >= 4 is 5.57 Å². The third-order valence-electron chi connectivity index (χ3n) is 3.84. The van der Waals surface area contributed by atoms with Crippen LogP contribution >= 0.6 is 0 Å². The van der Waals surface area contributed by atoms with Gasteiger partial charge in [0.25, 0.3) is 0 Å². The Labute approximate surface area is 96.8 Å². The summed E-state index contributed by atoms with van der Waals surface area (Å²) in [7, 11) is 0. The second kappa shape index (κ2) is 4.38. The molecule has 2 heteroatoms. The quantitative estimate of drug-likeness (QED) is 0.777. The molecule has 0 amide bonds. The first-order valence-corrected chi connectivity index (χ1v) is 6.28. The summed E-state index contributed by atoms with van der Waals surface area (Å²) in [4.78, 5) is 4.20. The summed E-state index contributed by atoms with van der Waals surface area (Å²) in [5.74, 6) is 0.870. The summed E-state index contributed by atoms with van der Waals surface area (Å²) in [6.07, 6.45) is 11.5. The maximum Gasteiger partial charge on any atom is 0.0342 e. The molecule has 1 aromatic rings. The number of hydrogen-bond acceptors (Lipinski definition) is 2. The van der Waals surface area contributed by atoms with E-state index in [2.05, 4.69) is 22.4 Å². The number of fused-ring (bicyclic) bond motifs is 1. The Bertz CT molecular complexity index is 383. The van der Waals surface area contributed by atoms with Crippen molar-refractivity contribution < 1.29 is 0 Å². The highest BCUT2D eigenvalue weighted by Crippen LogP contribution is 2.33. The fourth-order valence-electron chi connectivity index (χ4n) is 2.93. The van der Waals surface area contributed by atoms with Gasteiger partial charge in [-0.25, -0.2) is 0 Å². The van der Waals surface area contributed by atoms with Crippen molar-refractivity contribution in [1.29, 1.82) is 0 Å². The van der Waals surface area contributed by atoms with Gasteiger partial charge in [-0.2, -0.15) is 0 Å². The van der Waals surface area contributed by atoms with Gasteiger partial charge in [-0.1, -0.05) is 12.1 Å². The second-order valence-corrected chi connectivity index (χ2v) is 4.85. The molecular weight excluding hydrogens is 196 g/mol. The van der Waals surface area contributed by atoms with E-state index in [0.29, 0.717) is 6.04 Å². The fraction of sp³-hybridized carbons (Fsp3) is 0.500. The minimum absolute atomic E-state index is 0.609. The van der Waals surface area contributed by atoms with Crippen LogP contribution < -0.4 is 5.32 Å². The monoisotopic (exact) mass is 214 g/mol. The summed E-state index contributed by atoms with van der Waals surface area (Å²) >= 11 is 0. The van der Waals surface area contributed by atoms with Gasteiger partial charge >= 0.3 is 0 Å². The molecule has 0 spiro atoms. The molecule has 2 nitrogen and oxygen atoms in total. The molecule has 2 heterocycles. The SMILES string of the molecule is C1=C(c2cccnc2)CCC2CCCNC12. The molecule has 0 aromatic carbocycles. The molecule has 1 saturated heterocycles. The fourth-order valence-corrected chi connectivity index (χ4v) is 2.93. The lowest BCUT2D eigenvalue weighted by Crippen LogP contribution is -2.41. The van der Waals surface area contributed by atoms with Crippen LogP contribution in [0, 0.1) is 5.92 Å². The highest BCUT2D eigenvalue weighted by Gasteiger charge is 2.27. The molecule has 1 aromatic heterocycles. The average molecular weight is 214 g/mol. The van der Waals surface area contributed by atoms with Crippen LogP contribution in [0.5, 0.6) is 0 Å². The maximum absolute atomic E-state index is 4.20. The molecule has 2 aliphatic rings. The number of pyridine rings is 1. The van der Waals surface area contributed by atoms with Gasteiger partial charge in [0.1, 0.15) is 0 Å². The molecule has 0 saturated carbocycles. The van der Waals surface area contributed by atoms with Crippen molar-refractivity contribution in [3.8, 4) is 0 Å². The van der Waals surface area contributed by atoms with Crippen LogP contribution in [0.4, 0.5) is 0 Å². The van der Waals surface area contributed by atoms with Crippen molar-refractivity contribution in [3.63, 3.8) is 0 Å². The summed E-state index contributed by atoms with van der Waals surface area (Å²) in [6, 6.07) is 4.80. The molecule has 16 heavy (non-hydrogen) atoms. The minimum atomic E-state index is 0.609. The normalized spacial score (nSPS) is 29.4. The number of allylic oxidation sites excluding steroid dienone is 1. The predicted molar refractivity (Wildman–Crippen MR) is 66.0 cm³/mol. The molecule has 2 unspecified atom stereocenters. The predicted octanol–water partition coefficient (Wildman–Crippen LogP) is 2.63. The Morgan fingerprint density at radius 1 is 1.31 bits per heavy atom. The van der Waals surface area contributed by atoms with E-state index in [1.54, 1.807) is 0 Å². The molecule has 3 rings (SSSR count). The molecule has 0 radical (unpaired) electrons. The Hall–Kier alpha value is -1.15. The molecule has 1 aliphatic heterocycles. The van der Waals surface area contributed by atoms with Crippen LogP contribution in [0.15, 0.2) is 30.6 Å². The third-order valence-corrected chi connectivity index (χ3v) is 3.84. The first kappa shape index (κ1) is 10.0. The van der Waals surface area contributed by atoms with Gasteiger partial charge in [-0.3, -0.25) is 4.98 Å². The van der Waals surface area contributed by atoms with Gasteiger partial charge in [0.2, 0.25) is 0 Å². The summed E-state index contributed by atoms with van der Waals surface area (Å²) in [5.41, 5.74) is 2.78. The van der Waals surface area contributed by atoms with Gasteiger partial charge in [0.15, 0.2) is 0 Å².